The summed E-state index contributed by atoms with van der Waals surface area (Å²) >= 11 is 0. The van der Waals surface area contributed by atoms with Crippen LogP contribution in [0.5, 0.6) is 0 Å². The average molecular weight is 322 g/mol. The van der Waals surface area contributed by atoms with Gasteiger partial charge in [-0.15, -0.1) is 0 Å². The van der Waals surface area contributed by atoms with Crippen LogP contribution in [-0.4, -0.2) is 17.9 Å². The third-order valence-corrected chi connectivity index (χ3v) is 3.34. The molecule has 124 valence electrons. The molecule has 0 unspecified atom stereocenters. The number of carbonyl (C=O) groups is 2. The van der Waals surface area contributed by atoms with Crippen LogP contribution in [-0.2, 0) is 4.79 Å². The number of carbonyl (C=O) groups excluding carboxylic acids is 2. The van der Waals surface area contributed by atoms with Crippen LogP contribution in [0.2, 0.25) is 0 Å². The summed E-state index contributed by atoms with van der Waals surface area (Å²) in [5.41, 5.74) is 2.65. The lowest BCUT2D eigenvalue weighted by Gasteiger charge is -2.13. The Morgan fingerprint density at radius 3 is 2.17 bits per heavy atom. The first-order valence-corrected chi connectivity index (χ1v) is 7.91. The van der Waals surface area contributed by atoms with Gasteiger partial charge in [-0.3, -0.25) is 9.59 Å². The lowest BCUT2D eigenvalue weighted by atomic mass is 10.1. The molecule has 0 aliphatic rings. The number of benzene rings is 2. The first-order valence-electron chi connectivity index (χ1n) is 7.91. The number of aryl methyl sites for hydroxylation is 1. The van der Waals surface area contributed by atoms with E-state index in [1.807, 2.05) is 63.2 Å². The summed E-state index contributed by atoms with van der Waals surface area (Å²) in [4.78, 5) is 24.8. The zero-order valence-electron chi connectivity index (χ0n) is 14.2. The van der Waals surface area contributed by atoms with Gasteiger partial charge in [-0.05, 0) is 44.5 Å². The zero-order chi connectivity index (χ0) is 17.5. The molecular weight excluding hydrogens is 300 g/mol. The Bertz CT molecular complexity index is 732. The molecule has 0 saturated carbocycles. The second-order valence-electron chi connectivity index (χ2n) is 5.92. The predicted octanol–water partition coefficient (Wildman–Crippen LogP) is 3.29. The van der Waals surface area contributed by atoms with E-state index in [4.69, 9.17) is 0 Å². The Kier molecular flexibility index (Phi) is 5.90. The maximum absolute atomic E-state index is 12.4. The van der Waals surface area contributed by atoms with Crippen molar-refractivity contribution >= 4 is 17.9 Å². The lowest BCUT2D eigenvalue weighted by molar-refractivity contribution is -0.118. The first kappa shape index (κ1) is 17.5. The molecular formula is C20H22N2O2. The molecule has 2 aromatic rings. The topological polar surface area (TPSA) is 58.2 Å². The minimum Gasteiger partial charge on any atom is -0.349 e. The Morgan fingerprint density at radius 2 is 1.58 bits per heavy atom. The molecule has 24 heavy (non-hydrogen) atoms. The molecule has 2 rings (SSSR count). The van der Waals surface area contributed by atoms with Crippen molar-refractivity contribution in [1.82, 2.24) is 10.6 Å². The van der Waals surface area contributed by atoms with E-state index in [-0.39, 0.29) is 23.6 Å². The zero-order valence-corrected chi connectivity index (χ0v) is 14.2. The molecule has 0 aliphatic heterocycles. The van der Waals surface area contributed by atoms with Crippen molar-refractivity contribution in [3.8, 4) is 0 Å². The third-order valence-electron chi connectivity index (χ3n) is 3.34. The van der Waals surface area contributed by atoms with E-state index >= 15 is 0 Å². The molecule has 0 heterocycles. The molecule has 0 spiro atoms. The summed E-state index contributed by atoms with van der Waals surface area (Å²) in [6.45, 7) is 5.71. The SMILES string of the molecule is Cc1ccc(C(=O)N/C(=C/c2ccccc2)C(=O)NC(C)C)cc1. The van der Waals surface area contributed by atoms with E-state index in [1.54, 1.807) is 18.2 Å². The third kappa shape index (κ3) is 5.09. The van der Waals surface area contributed by atoms with E-state index in [1.165, 1.54) is 0 Å². The van der Waals surface area contributed by atoms with Gasteiger partial charge in [0.25, 0.3) is 11.8 Å². The highest BCUT2D eigenvalue weighted by atomic mass is 16.2. The fraction of sp³-hybridized carbons (Fsp3) is 0.200. The van der Waals surface area contributed by atoms with E-state index in [2.05, 4.69) is 10.6 Å². The summed E-state index contributed by atoms with van der Waals surface area (Å²) in [5.74, 6) is -0.620. The smallest absolute Gasteiger partial charge is 0.268 e. The number of hydrogen-bond acceptors (Lipinski definition) is 2. The highest BCUT2D eigenvalue weighted by Crippen LogP contribution is 2.08. The van der Waals surface area contributed by atoms with Gasteiger partial charge in [-0.25, -0.2) is 0 Å². The van der Waals surface area contributed by atoms with Crippen LogP contribution in [0, 0.1) is 6.92 Å². The summed E-state index contributed by atoms with van der Waals surface area (Å²) in [7, 11) is 0. The molecule has 2 amide bonds. The Labute approximate surface area is 142 Å². The number of amides is 2. The fourth-order valence-corrected chi connectivity index (χ4v) is 2.11. The van der Waals surface area contributed by atoms with Crippen LogP contribution in [0.4, 0.5) is 0 Å². The van der Waals surface area contributed by atoms with Crippen LogP contribution in [0.3, 0.4) is 0 Å². The first-order chi connectivity index (χ1) is 11.5. The molecule has 2 aromatic carbocycles. The second-order valence-corrected chi connectivity index (χ2v) is 5.92. The Hall–Kier alpha value is -2.88. The molecule has 0 radical (unpaired) electrons. The lowest BCUT2D eigenvalue weighted by Crippen LogP contribution is -2.38. The van der Waals surface area contributed by atoms with Crippen LogP contribution >= 0.6 is 0 Å². The van der Waals surface area contributed by atoms with Gasteiger partial charge in [0.15, 0.2) is 0 Å². The fourth-order valence-electron chi connectivity index (χ4n) is 2.11. The summed E-state index contributed by atoms with van der Waals surface area (Å²) in [6.07, 6.45) is 1.67. The minimum atomic E-state index is -0.311. The van der Waals surface area contributed by atoms with Gasteiger partial charge in [0.1, 0.15) is 5.70 Å². The van der Waals surface area contributed by atoms with Gasteiger partial charge in [-0.1, -0.05) is 48.0 Å². The minimum absolute atomic E-state index is 0.0204. The summed E-state index contributed by atoms with van der Waals surface area (Å²) in [6, 6.07) is 16.6. The summed E-state index contributed by atoms with van der Waals surface area (Å²) in [5, 5.41) is 5.52. The van der Waals surface area contributed by atoms with Crippen molar-refractivity contribution in [2.45, 2.75) is 26.8 Å². The highest BCUT2D eigenvalue weighted by Gasteiger charge is 2.15. The van der Waals surface area contributed by atoms with Crippen LogP contribution in [0.25, 0.3) is 6.08 Å². The van der Waals surface area contributed by atoms with Crippen LogP contribution in [0.1, 0.15) is 35.3 Å². The van der Waals surface area contributed by atoms with E-state index < -0.39 is 0 Å². The quantitative estimate of drug-likeness (QED) is 0.830. The molecule has 0 aliphatic carbocycles. The average Bonchev–Trinajstić information content (AvgIpc) is 2.55. The molecule has 0 bridgehead atoms. The van der Waals surface area contributed by atoms with E-state index in [9.17, 15) is 9.59 Å². The van der Waals surface area contributed by atoms with Crippen molar-refractivity contribution in [1.29, 1.82) is 0 Å². The summed E-state index contributed by atoms with van der Waals surface area (Å²) < 4.78 is 0. The monoisotopic (exact) mass is 322 g/mol. The molecule has 0 fully saturated rings. The van der Waals surface area contributed by atoms with Crippen LogP contribution < -0.4 is 10.6 Å². The second kappa shape index (κ2) is 8.11. The van der Waals surface area contributed by atoms with Gasteiger partial charge < -0.3 is 10.6 Å². The highest BCUT2D eigenvalue weighted by molar-refractivity contribution is 6.05. The van der Waals surface area contributed by atoms with Gasteiger partial charge in [0.2, 0.25) is 0 Å². The van der Waals surface area contributed by atoms with Crippen LogP contribution in [0.15, 0.2) is 60.3 Å². The van der Waals surface area contributed by atoms with Gasteiger partial charge in [-0.2, -0.15) is 0 Å². The Morgan fingerprint density at radius 1 is 0.958 bits per heavy atom. The van der Waals surface area contributed by atoms with Crippen molar-refractivity contribution in [2.24, 2.45) is 0 Å². The normalized spacial score (nSPS) is 11.2. The number of nitrogens with one attached hydrogen (secondary N) is 2. The van der Waals surface area contributed by atoms with Crippen molar-refractivity contribution in [2.75, 3.05) is 0 Å². The molecule has 4 heteroatoms. The van der Waals surface area contributed by atoms with Gasteiger partial charge in [0.05, 0.1) is 0 Å². The van der Waals surface area contributed by atoms with E-state index in [0.717, 1.165) is 11.1 Å². The Balaban J connectivity index is 2.25. The maximum Gasteiger partial charge on any atom is 0.268 e. The molecule has 0 saturated heterocycles. The standard InChI is InChI=1S/C20H22N2O2/c1-14(2)21-20(24)18(13-16-7-5-4-6-8-16)22-19(23)17-11-9-15(3)10-12-17/h4-14H,1-3H3,(H,21,24)(H,22,23)/b18-13+. The number of rotatable bonds is 5. The molecule has 2 N–H and O–H groups in total. The maximum atomic E-state index is 12.4. The van der Waals surface area contributed by atoms with Gasteiger partial charge in [0, 0.05) is 11.6 Å². The largest absolute Gasteiger partial charge is 0.349 e. The predicted molar refractivity (Wildman–Crippen MR) is 96.3 cm³/mol. The van der Waals surface area contributed by atoms with E-state index in [0.29, 0.717) is 5.56 Å². The van der Waals surface area contributed by atoms with Crippen molar-refractivity contribution < 1.29 is 9.59 Å². The molecule has 4 nitrogen and oxygen atoms in total. The van der Waals surface area contributed by atoms with Gasteiger partial charge >= 0.3 is 0 Å². The molecule has 0 atom stereocenters. The van der Waals surface area contributed by atoms with Crippen molar-refractivity contribution in [3.63, 3.8) is 0 Å². The number of hydrogen-bond donors (Lipinski definition) is 2. The molecule has 0 aromatic heterocycles. The van der Waals surface area contributed by atoms with Crippen molar-refractivity contribution in [3.05, 3.63) is 77.0 Å².